The number of pyridine rings is 1. The fourth-order valence-electron chi connectivity index (χ4n) is 2.99. The highest BCUT2D eigenvalue weighted by Gasteiger charge is 2.30. The molecule has 146 valence electrons. The molecular weight excluding hydrogens is 457 g/mol. The monoisotopic (exact) mass is 483 g/mol. The first-order valence-corrected chi connectivity index (χ1v) is 9.17. The van der Waals surface area contributed by atoms with E-state index < -0.39 is 0 Å². The Balaban J connectivity index is 0.00000210. The van der Waals surface area contributed by atoms with Crippen LogP contribution < -0.4 is 10.1 Å². The molecule has 0 aromatic carbocycles. The van der Waals surface area contributed by atoms with Crippen LogP contribution in [0.1, 0.15) is 30.9 Å². The highest BCUT2D eigenvalue weighted by atomic mass is 127. The molecule has 2 aromatic rings. The third-order valence-electron chi connectivity index (χ3n) is 4.83. The Kier molecular flexibility index (Phi) is 6.51. The molecule has 2 aliphatic rings. The number of nitrogens with one attached hydrogen (secondary N) is 1. The van der Waals surface area contributed by atoms with Gasteiger partial charge in [-0.2, -0.15) is 0 Å². The van der Waals surface area contributed by atoms with E-state index in [9.17, 15) is 0 Å². The summed E-state index contributed by atoms with van der Waals surface area (Å²) in [6.07, 6.45) is 5.28. The number of hydrogen-bond acceptors (Lipinski definition) is 5. The number of halogens is 1. The molecule has 1 aliphatic heterocycles. The lowest BCUT2D eigenvalue weighted by atomic mass is 10.3. The number of hydrogen-bond donors (Lipinski definition) is 1. The molecule has 1 N–H and O–H groups in total. The van der Waals surface area contributed by atoms with Crippen LogP contribution in [0, 0.1) is 6.92 Å². The Morgan fingerprint density at radius 1 is 1.30 bits per heavy atom. The maximum atomic E-state index is 6.00. The molecule has 1 saturated carbocycles. The quantitative estimate of drug-likeness (QED) is 0.398. The Labute approximate surface area is 176 Å². The van der Waals surface area contributed by atoms with Crippen molar-refractivity contribution < 1.29 is 4.74 Å². The average molecular weight is 483 g/mol. The van der Waals surface area contributed by atoms with Crippen LogP contribution in [0.4, 0.5) is 0 Å². The van der Waals surface area contributed by atoms with Crippen molar-refractivity contribution in [1.29, 1.82) is 0 Å². The topological polar surface area (TPSA) is 80.5 Å². The molecule has 0 amide bonds. The van der Waals surface area contributed by atoms with Gasteiger partial charge in [0, 0.05) is 38.3 Å². The molecule has 2 fully saturated rings. The molecule has 4 rings (SSSR count). The molecule has 1 saturated heterocycles. The van der Waals surface area contributed by atoms with Crippen molar-refractivity contribution in [2.45, 2.75) is 44.9 Å². The van der Waals surface area contributed by atoms with Crippen molar-refractivity contribution >= 4 is 29.9 Å². The number of ether oxygens (including phenoxy) is 1. The van der Waals surface area contributed by atoms with E-state index in [4.69, 9.17) is 9.73 Å². The van der Waals surface area contributed by atoms with Gasteiger partial charge >= 0.3 is 0 Å². The van der Waals surface area contributed by atoms with E-state index in [0.717, 1.165) is 37.1 Å². The van der Waals surface area contributed by atoms with Gasteiger partial charge in [0.25, 0.3) is 0 Å². The standard InChI is InChI=1S/C18H25N7O.HI/c1-13-22-23-16(24(13)2)11-20-18(21-14-6-7-14)25-10-8-15(12-25)26-17-5-3-4-9-19-17;/h3-5,9,14-15H,6-8,10-12H2,1-2H3,(H,20,21);1H. The summed E-state index contributed by atoms with van der Waals surface area (Å²) < 4.78 is 7.98. The Bertz CT molecular complexity index is 775. The van der Waals surface area contributed by atoms with Crippen molar-refractivity contribution in [2.24, 2.45) is 12.0 Å². The average Bonchev–Trinajstić information content (AvgIpc) is 3.27. The summed E-state index contributed by atoms with van der Waals surface area (Å²) in [4.78, 5) is 11.3. The molecule has 9 heteroatoms. The van der Waals surface area contributed by atoms with Crippen LogP contribution >= 0.6 is 24.0 Å². The van der Waals surface area contributed by atoms with E-state index in [1.807, 2.05) is 36.7 Å². The van der Waals surface area contributed by atoms with Gasteiger partial charge in [-0.25, -0.2) is 9.98 Å². The van der Waals surface area contributed by atoms with Gasteiger partial charge in [0.2, 0.25) is 5.88 Å². The maximum Gasteiger partial charge on any atom is 0.213 e. The number of aromatic nitrogens is 4. The largest absolute Gasteiger partial charge is 0.472 e. The molecule has 0 spiro atoms. The van der Waals surface area contributed by atoms with Crippen LogP contribution in [-0.4, -0.2) is 55.8 Å². The van der Waals surface area contributed by atoms with Gasteiger partial charge < -0.3 is 19.5 Å². The summed E-state index contributed by atoms with van der Waals surface area (Å²) in [6, 6.07) is 6.29. The van der Waals surface area contributed by atoms with E-state index in [1.54, 1.807) is 6.20 Å². The smallest absolute Gasteiger partial charge is 0.213 e. The van der Waals surface area contributed by atoms with E-state index in [-0.39, 0.29) is 30.1 Å². The zero-order valence-corrected chi connectivity index (χ0v) is 18.0. The van der Waals surface area contributed by atoms with Crippen LogP contribution in [0.15, 0.2) is 29.4 Å². The Hall–Kier alpha value is -1.91. The molecule has 0 bridgehead atoms. The van der Waals surface area contributed by atoms with Crippen LogP contribution in [0.25, 0.3) is 0 Å². The predicted molar refractivity (Wildman–Crippen MR) is 113 cm³/mol. The fourth-order valence-corrected chi connectivity index (χ4v) is 2.99. The van der Waals surface area contributed by atoms with Crippen LogP contribution in [-0.2, 0) is 13.6 Å². The zero-order valence-electron chi connectivity index (χ0n) is 15.7. The van der Waals surface area contributed by atoms with Crippen LogP contribution in [0.5, 0.6) is 5.88 Å². The van der Waals surface area contributed by atoms with Gasteiger partial charge in [-0.05, 0) is 25.8 Å². The van der Waals surface area contributed by atoms with Crippen LogP contribution in [0.3, 0.4) is 0 Å². The summed E-state index contributed by atoms with van der Waals surface area (Å²) in [5.41, 5.74) is 0. The lowest BCUT2D eigenvalue weighted by Crippen LogP contribution is -2.42. The zero-order chi connectivity index (χ0) is 17.9. The number of guanidine groups is 1. The van der Waals surface area contributed by atoms with E-state index >= 15 is 0 Å². The normalized spacial score (nSPS) is 19.7. The number of likely N-dealkylation sites (tertiary alicyclic amines) is 1. The van der Waals surface area contributed by atoms with Gasteiger partial charge in [-0.1, -0.05) is 6.07 Å². The van der Waals surface area contributed by atoms with E-state index in [1.165, 1.54) is 12.8 Å². The second kappa shape index (κ2) is 8.85. The van der Waals surface area contributed by atoms with Crippen LogP contribution in [0.2, 0.25) is 0 Å². The third-order valence-corrected chi connectivity index (χ3v) is 4.83. The Morgan fingerprint density at radius 3 is 2.81 bits per heavy atom. The van der Waals surface area contributed by atoms with E-state index in [2.05, 4.69) is 25.4 Å². The molecule has 2 aromatic heterocycles. The van der Waals surface area contributed by atoms with Gasteiger partial charge in [0.1, 0.15) is 18.5 Å². The highest BCUT2D eigenvalue weighted by Crippen LogP contribution is 2.21. The summed E-state index contributed by atoms with van der Waals surface area (Å²) in [6.45, 7) is 4.21. The minimum absolute atomic E-state index is 0. The Morgan fingerprint density at radius 2 is 2.15 bits per heavy atom. The first-order valence-electron chi connectivity index (χ1n) is 9.17. The van der Waals surface area contributed by atoms with Crippen molar-refractivity contribution in [1.82, 2.24) is 30.0 Å². The fraction of sp³-hybridized carbons (Fsp3) is 0.556. The molecule has 1 unspecified atom stereocenters. The van der Waals surface area contributed by atoms with Gasteiger partial charge in [-0.15, -0.1) is 34.2 Å². The molecular formula is C18H26IN7O. The highest BCUT2D eigenvalue weighted by molar-refractivity contribution is 14.0. The second-order valence-electron chi connectivity index (χ2n) is 6.92. The summed E-state index contributed by atoms with van der Waals surface area (Å²) in [5.74, 6) is 3.40. The van der Waals surface area contributed by atoms with E-state index in [0.29, 0.717) is 18.5 Å². The molecule has 27 heavy (non-hydrogen) atoms. The third kappa shape index (κ3) is 5.08. The maximum absolute atomic E-state index is 6.00. The minimum atomic E-state index is 0. The van der Waals surface area contributed by atoms with Crippen molar-refractivity contribution in [3.05, 3.63) is 36.0 Å². The minimum Gasteiger partial charge on any atom is -0.472 e. The number of rotatable bonds is 5. The number of aryl methyl sites for hydroxylation is 1. The lowest BCUT2D eigenvalue weighted by molar-refractivity contribution is 0.205. The second-order valence-corrected chi connectivity index (χ2v) is 6.92. The van der Waals surface area contributed by atoms with Gasteiger partial charge in [0.05, 0.1) is 6.54 Å². The SMILES string of the molecule is Cc1nnc(CN=C(NC2CC2)N2CCC(Oc3ccccn3)C2)n1C.I. The van der Waals surface area contributed by atoms with Gasteiger partial charge in [0.15, 0.2) is 11.8 Å². The number of nitrogens with zero attached hydrogens (tertiary/aromatic N) is 6. The summed E-state index contributed by atoms with van der Waals surface area (Å²) in [7, 11) is 1.97. The first kappa shape index (κ1) is 19.8. The summed E-state index contributed by atoms with van der Waals surface area (Å²) in [5, 5.41) is 11.9. The van der Waals surface area contributed by atoms with Crippen molar-refractivity contribution in [2.75, 3.05) is 13.1 Å². The summed E-state index contributed by atoms with van der Waals surface area (Å²) >= 11 is 0. The van der Waals surface area contributed by atoms with Crippen molar-refractivity contribution in [3.63, 3.8) is 0 Å². The lowest BCUT2D eigenvalue weighted by Gasteiger charge is -2.22. The number of aliphatic imine (C=N–C) groups is 1. The molecule has 0 radical (unpaired) electrons. The predicted octanol–water partition coefficient (Wildman–Crippen LogP) is 1.90. The first-order chi connectivity index (χ1) is 12.7. The van der Waals surface area contributed by atoms with Gasteiger partial charge in [-0.3, -0.25) is 0 Å². The molecule has 8 nitrogen and oxygen atoms in total. The molecule has 1 atom stereocenters. The van der Waals surface area contributed by atoms with Crippen molar-refractivity contribution in [3.8, 4) is 5.88 Å². The molecule has 1 aliphatic carbocycles. The molecule has 3 heterocycles.